The number of piperidine rings is 1. The van der Waals surface area contributed by atoms with Gasteiger partial charge in [-0.2, -0.15) is 13.2 Å². The average molecular weight is 454 g/mol. The Bertz CT molecular complexity index is 1030. The van der Waals surface area contributed by atoms with Crippen LogP contribution in [0.25, 0.3) is 0 Å². The second kappa shape index (κ2) is 7.89. The molecule has 2 saturated heterocycles. The molecule has 0 aliphatic carbocycles. The molecule has 1 aromatic rings. The third-order valence-corrected chi connectivity index (χ3v) is 5.41. The first-order valence-corrected chi connectivity index (χ1v) is 9.73. The molecule has 0 bridgehead atoms. The lowest BCUT2D eigenvalue weighted by molar-refractivity contribution is -0.189. The van der Waals surface area contributed by atoms with E-state index >= 15 is 0 Å². The number of amides is 4. The molecule has 13 heteroatoms. The van der Waals surface area contributed by atoms with Crippen LogP contribution < -0.4 is 20.3 Å². The minimum atomic E-state index is -5.27. The zero-order chi connectivity index (χ0) is 23.2. The van der Waals surface area contributed by atoms with Gasteiger partial charge in [-0.15, -0.1) is 0 Å². The van der Waals surface area contributed by atoms with Gasteiger partial charge in [0.05, 0.1) is 16.8 Å². The Morgan fingerprint density at radius 3 is 2.38 bits per heavy atom. The second-order valence-corrected chi connectivity index (χ2v) is 7.41. The molecule has 0 radical (unpaired) electrons. The van der Waals surface area contributed by atoms with Gasteiger partial charge < -0.3 is 15.0 Å². The van der Waals surface area contributed by atoms with E-state index in [9.17, 15) is 37.1 Å². The van der Waals surface area contributed by atoms with Crippen LogP contribution in [0.4, 0.5) is 18.9 Å². The van der Waals surface area contributed by atoms with Crippen LogP contribution in [0.2, 0.25) is 0 Å². The molecule has 1 aromatic carbocycles. The Kier molecular flexibility index (Phi) is 5.36. The molecule has 170 valence electrons. The molecular formula is C19H17F3N4O6. The number of esters is 1. The number of carbonyl (C=O) groups excluding carboxylic acids is 5. The van der Waals surface area contributed by atoms with Crippen molar-refractivity contribution in [3.8, 4) is 5.75 Å². The van der Waals surface area contributed by atoms with E-state index in [1.807, 2.05) is 0 Å². The van der Waals surface area contributed by atoms with Crippen LogP contribution >= 0.6 is 0 Å². The van der Waals surface area contributed by atoms with Crippen LogP contribution in [0, 0.1) is 0 Å². The van der Waals surface area contributed by atoms with E-state index in [1.54, 1.807) is 4.90 Å². The first-order chi connectivity index (χ1) is 15.1. The largest absolute Gasteiger partial charge is 0.491 e. The van der Waals surface area contributed by atoms with Crippen molar-refractivity contribution < 1.29 is 41.9 Å². The van der Waals surface area contributed by atoms with Crippen molar-refractivity contribution in [2.45, 2.75) is 25.1 Å². The van der Waals surface area contributed by atoms with Crippen molar-refractivity contribution in [3.05, 3.63) is 23.3 Å². The SMILES string of the molecule is O=C1CCC(N2C(=O)c3ccc(OC(=O)C(F)(F)F)c(N4CCNCC4)c3C2=O)C(=O)N1. The Labute approximate surface area is 178 Å². The van der Waals surface area contributed by atoms with Gasteiger partial charge >= 0.3 is 12.1 Å². The standard InChI is InChI=1S/C19H17F3N4O6/c20-19(21,22)18(31)32-11-3-1-9-13(14(11)25-7-5-23-6-8-25)17(30)26(16(9)29)10-2-4-12(27)24-15(10)28/h1,3,10,23H,2,4-8H2,(H,24,27,28). The zero-order valence-electron chi connectivity index (χ0n) is 16.5. The van der Waals surface area contributed by atoms with Crippen LogP contribution in [-0.2, 0) is 14.4 Å². The summed E-state index contributed by atoms with van der Waals surface area (Å²) in [6.45, 7) is 1.42. The number of nitrogens with one attached hydrogen (secondary N) is 2. The molecule has 2 N–H and O–H groups in total. The summed E-state index contributed by atoms with van der Waals surface area (Å²) in [4.78, 5) is 63.7. The van der Waals surface area contributed by atoms with Crippen LogP contribution in [0.1, 0.15) is 33.6 Å². The highest BCUT2D eigenvalue weighted by Gasteiger charge is 2.48. The third-order valence-electron chi connectivity index (χ3n) is 5.41. The molecule has 1 atom stereocenters. The van der Waals surface area contributed by atoms with Crippen molar-refractivity contribution >= 4 is 35.3 Å². The van der Waals surface area contributed by atoms with Crippen LogP contribution in [0.5, 0.6) is 5.75 Å². The second-order valence-electron chi connectivity index (χ2n) is 7.41. The fourth-order valence-electron chi connectivity index (χ4n) is 3.96. The number of imide groups is 2. The van der Waals surface area contributed by atoms with E-state index < -0.39 is 47.6 Å². The molecule has 3 aliphatic heterocycles. The van der Waals surface area contributed by atoms with Crippen LogP contribution in [-0.4, -0.2) is 72.9 Å². The van der Waals surface area contributed by atoms with Crippen LogP contribution in [0.15, 0.2) is 12.1 Å². The summed E-state index contributed by atoms with van der Waals surface area (Å²) in [6.07, 6.45) is -5.42. The smallest absolute Gasteiger partial charge is 0.418 e. The highest BCUT2D eigenvalue weighted by Crippen LogP contribution is 2.41. The Balaban J connectivity index is 1.78. The Hall–Kier alpha value is -3.48. The minimum absolute atomic E-state index is 0.0744. The lowest BCUT2D eigenvalue weighted by atomic mass is 10.0. The van der Waals surface area contributed by atoms with E-state index in [4.69, 9.17) is 0 Å². The molecule has 3 heterocycles. The van der Waals surface area contributed by atoms with Crippen molar-refractivity contribution in [3.63, 3.8) is 0 Å². The number of hydrogen-bond donors (Lipinski definition) is 2. The molecule has 2 fully saturated rings. The average Bonchev–Trinajstić information content (AvgIpc) is 2.98. The Morgan fingerprint density at radius 2 is 1.75 bits per heavy atom. The predicted molar refractivity (Wildman–Crippen MR) is 99.9 cm³/mol. The fourth-order valence-corrected chi connectivity index (χ4v) is 3.96. The number of nitrogens with zero attached hydrogens (tertiary/aromatic N) is 2. The number of halogens is 3. The number of benzene rings is 1. The van der Waals surface area contributed by atoms with Gasteiger partial charge in [-0.05, 0) is 18.6 Å². The van der Waals surface area contributed by atoms with Gasteiger partial charge in [-0.25, -0.2) is 4.79 Å². The highest BCUT2D eigenvalue weighted by atomic mass is 19.4. The molecule has 32 heavy (non-hydrogen) atoms. The van der Waals surface area contributed by atoms with E-state index in [-0.39, 0.29) is 42.7 Å². The summed E-state index contributed by atoms with van der Waals surface area (Å²) >= 11 is 0. The number of anilines is 1. The van der Waals surface area contributed by atoms with E-state index in [0.717, 1.165) is 12.1 Å². The van der Waals surface area contributed by atoms with Gasteiger partial charge in [0.2, 0.25) is 11.8 Å². The first kappa shape index (κ1) is 21.7. The molecule has 1 unspecified atom stereocenters. The number of hydrogen-bond acceptors (Lipinski definition) is 8. The number of ether oxygens (including phenoxy) is 1. The van der Waals surface area contributed by atoms with Crippen LogP contribution in [0.3, 0.4) is 0 Å². The number of fused-ring (bicyclic) bond motifs is 1. The summed E-state index contributed by atoms with van der Waals surface area (Å²) < 4.78 is 43.0. The molecule has 0 aromatic heterocycles. The maximum Gasteiger partial charge on any atom is 0.491 e. The van der Waals surface area contributed by atoms with E-state index in [0.29, 0.717) is 18.0 Å². The zero-order valence-corrected chi connectivity index (χ0v) is 16.5. The van der Waals surface area contributed by atoms with Gasteiger partial charge in [-0.1, -0.05) is 0 Å². The molecular weight excluding hydrogens is 437 g/mol. The van der Waals surface area contributed by atoms with Gasteiger partial charge in [0.25, 0.3) is 11.8 Å². The van der Waals surface area contributed by atoms with Gasteiger partial charge in [-0.3, -0.25) is 29.4 Å². The van der Waals surface area contributed by atoms with Crippen molar-refractivity contribution in [1.82, 2.24) is 15.5 Å². The van der Waals surface area contributed by atoms with Gasteiger partial charge in [0.1, 0.15) is 6.04 Å². The summed E-state index contributed by atoms with van der Waals surface area (Å²) in [5.74, 6) is -6.05. The molecule has 3 aliphatic rings. The molecule has 4 rings (SSSR count). The normalized spacial score (nSPS) is 21.5. The monoisotopic (exact) mass is 454 g/mol. The van der Waals surface area contributed by atoms with Crippen molar-refractivity contribution in [1.29, 1.82) is 0 Å². The molecule has 0 saturated carbocycles. The number of rotatable bonds is 3. The number of carbonyl (C=O) groups is 5. The quantitative estimate of drug-likeness (QED) is 0.371. The summed E-state index contributed by atoms with van der Waals surface area (Å²) in [6, 6.07) is 0.877. The lowest BCUT2D eigenvalue weighted by Gasteiger charge is -2.32. The maximum absolute atomic E-state index is 13.3. The third kappa shape index (κ3) is 3.68. The topological polar surface area (TPSA) is 125 Å². The predicted octanol–water partition coefficient (Wildman–Crippen LogP) is -0.0349. The molecule has 10 nitrogen and oxygen atoms in total. The summed E-state index contributed by atoms with van der Waals surface area (Å²) in [7, 11) is 0. The summed E-state index contributed by atoms with van der Waals surface area (Å²) in [5, 5.41) is 5.12. The van der Waals surface area contributed by atoms with Gasteiger partial charge in [0.15, 0.2) is 5.75 Å². The van der Waals surface area contributed by atoms with Gasteiger partial charge in [0, 0.05) is 32.6 Å². The lowest BCUT2D eigenvalue weighted by Crippen LogP contribution is -2.54. The first-order valence-electron chi connectivity index (χ1n) is 9.73. The highest BCUT2D eigenvalue weighted by molar-refractivity contribution is 6.26. The Morgan fingerprint density at radius 1 is 1.06 bits per heavy atom. The minimum Gasteiger partial charge on any atom is -0.418 e. The van der Waals surface area contributed by atoms with E-state index in [2.05, 4.69) is 15.4 Å². The van der Waals surface area contributed by atoms with Crippen molar-refractivity contribution in [2.75, 3.05) is 31.1 Å². The number of piperazine rings is 1. The molecule has 0 spiro atoms. The number of alkyl halides is 3. The van der Waals surface area contributed by atoms with E-state index in [1.165, 1.54) is 0 Å². The fraction of sp³-hybridized carbons (Fsp3) is 0.421. The molecule has 4 amide bonds. The maximum atomic E-state index is 13.3. The van der Waals surface area contributed by atoms with Crippen molar-refractivity contribution in [2.24, 2.45) is 0 Å². The summed E-state index contributed by atoms with van der Waals surface area (Å²) in [5.41, 5.74) is -0.483.